The summed E-state index contributed by atoms with van der Waals surface area (Å²) >= 11 is 0. The van der Waals surface area contributed by atoms with Gasteiger partial charge in [-0.05, 0) is 30.7 Å². The minimum Gasteiger partial charge on any atom is -0.497 e. The average molecular weight is 313 g/mol. The smallest absolute Gasteiger partial charge is 0.340 e. The van der Waals surface area contributed by atoms with E-state index in [1.807, 2.05) is 12.1 Å². The molecular weight excluding hydrogens is 294 g/mol. The van der Waals surface area contributed by atoms with E-state index in [2.05, 4.69) is 6.58 Å². The van der Waals surface area contributed by atoms with E-state index in [-0.39, 0.29) is 11.5 Å². The van der Waals surface area contributed by atoms with Gasteiger partial charge in [0, 0.05) is 12.2 Å². The van der Waals surface area contributed by atoms with Gasteiger partial charge in [-0.15, -0.1) is 6.58 Å². The van der Waals surface area contributed by atoms with Crippen molar-refractivity contribution in [3.63, 3.8) is 0 Å². The summed E-state index contributed by atoms with van der Waals surface area (Å²) in [5, 5.41) is 0. The van der Waals surface area contributed by atoms with E-state index < -0.39 is 5.97 Å². The van der Waals surface area contributed by atoms with Crippen LogP contribution in [0.5, 0.6) is 5.75 Å². The Morgan fingerprint density at radius 1 is 1.26 bits per heavy atom. The third-order valence-corrected chi connectivity index (χ3v) is 3.64. The molecule has 1 amide bonds. The monoisotopic (exact) mass is 313 g/mol. The number of hydrogen-bond donors (Lipinski definition) is 0. The van der Waals surface area contributed by atoms with Gasteiger partial charge in [0.2, 0.25) is 0 Å². The molecule has 0 fully saturated rings. The molecule has 0 saturated heterocycles. The van der Waals surface area contributed by atoms with Crippen molar-refractivity contribution in [2.24, 2.45) is 0 Å². The van der Waals surface area contributed by atoms with Crippen LogP contribution in [0.2, 0.25) is 0 Å². The van der Waals surface area contributed by atoms with Crippen molar-refractivity contribution in [3.05, 3.63) is 59.3 Å². The Hall–Kier alpha value is -2.82. The fraction of sp³-hybridized carbons (Fsp3) is 0.222. The van der Waals surface area contributed by atoms with Gasteiger partial charge in [-0.3, -0.25) is 4.79 Å². The van der Waals surface area contributed by atoms with Crippen LogP contribution in [0.15, 0.2) is 53.8 Å². The Bertz CT molecular complexity index is 698. The molecule has 1 aliphatic heterocycles. The Labute approximate surface area is 135 Å². The van der Waals surface area contributed by atoms with E-state index >= 15 is 0 Å². The molecule has 23 heavy (non-hydrogen) atoms. The molecule has 5 nitrogen and oxygen atoms in total. The number of nitrogens with zero attached hydrogens (tertiary/aromatic N) is 1. The number of rotatable bonds is 5. The number of allylic oxidation sites excluding steroid dienone is 1. The van der Waals surface area contributed by atoms with E-state index in [4.69, 9.17) is 9.47 Å². The second-order valence-corrected chi connectivity index (χ2v) is 4.99. The summed E-state index contributed by atoms with van der Waals surface area (Å²) in [7, 11) is 2.89. The normalized spacial score (nSPS) is 16.0. The molecule has 0 aliphatic carbocycles. The Morgan fingerprint density at radius 3 is 2.43 bits per heavy atom. The number of amides is 1. The average Bonchev–Trinajstić information content (AvgIpc) is 2.80. The number of hydrogen-bond acceptors (Lipinski definition) is 4. The molecule has 120 valence electrons. The van der Waals surface area contributed by atoms with Crippen molar-refractivity contribution in [2.75, 3.05) is 20.8 Å². The van der Waals surface area contributed by atoms with E-state index in [0.717, 1.165) is 11.3 Å². The van der Waals surface area contributed by atoms with Crippen molar-refractivity contribution in [3.8, 4) is 5.75 Å². The van der Waals surface area contributed by atoms with Crippen LogP contribution >= 0.6 is 0 Å². The lowest BCUT2D eigenvalue weighted by molar-refractivity contribution is -0.136. The third-order valence-electron chi connectivity index (χ3n) is 3.64. The van der Waals surface area contributed by atoms with E-state index in [0.29, 0.717) is 17.8 Å². The van der Waals surface area contributed by atoms with Crippen LogP contribution in [0, 0.1) is 0 Å². The summed E-state index contributed by atoms with van der Waals surface area (Å²) in [6.07, 6.45) is 3.30. The molecule has 0 radical (unpaired) electrons. The molecule has 1 aromatic rings. The lowest BCUT2D eigenvalue weighted by Crippen LogP contribution is -2.24. The fourth-order valence-corrected chi connectivity index (χ4v) is 2.44. The number of methoxy groups -OCH3 is 2. The van der Waals surface area contributed by atoms with Crippen LogP contribution < -0.4 is 4.74 Å². The number of carbonyl (C=O) groups excluding carboxylic acids is 2. The summed E-state index contributed by atoms with van der Waals surface area (Å²) in [5.74, 6) is -0.0427. The van der Waals surface area contributed by atoms with Crippen molar-refractivity contribution in [2.45, 2.75) is 6.92 Å². The zero-order chi connectivity index (χ0) is 17.0. The molecule has 0 N–H and O–H groups in total. The number of benzene rings is 1. The molecule has 1 aromatic carbocycles. The zero-order valence-corrected chi connectivity index (χ0v) is 13.5. The van der Waals surface area contributed by atoms with Crippen LogP contribution in [0.1, 0.15) is 12.5 Å². The first kappa shape index (κ1) is 16.5. The molecule has 0 saturated carbocycles. The maximum Gasteiger partial charge on any atom is 0.340 e. The third kappa shape index (κ3) is 3.18. The topological polar surface area (TPSA) is 55.8 Å². The first-order chi connectivity index (χ1) is 11.0. The van der Waals surface area contributed by atoms with Gasteiger partial charge in [0.25, 0.3) is 5.91 Å². The zero-order valence-electron chi connectivity index (χ0n) is 13.5. The highest BCUT2D eigenvalue weighted by Gasteiger charge is 2.36. The highest BCUT2D eigenvalue weighted by molar-refractivity contribution is 6.16. The predicted octanol–water partition coefficient (Wildman–Crippen LogP) is 2.55. The second-order valence-electron chi connectivity index (χ2n) is 4.99. The van der Waals surface area contributed by atoms with E-state index in [9.17, 15) is 9.59 Å². The molecule has 2 rings (SSSR count). The van der Waals surface area contributed by atoms with Crippen molar-refractivity contribution < 1.29 is 19.1 Å². The predicted molar refractivity (Wildman–Crippen MR) is 87.6 cm³/mol. The SMILES string of the molecule is C=CCN1C(=O)/C(=C\c2ccc(OC)cc2)C(C(=O)OC)=C1C. The van der Waals surface area contributed by atoms with E-state index in [1.54, 1.807) is 38.3 Å². The molecule has 0 unspecified atom stereocenters. The van der Waals surface area contributed by atoms with Crippen LogP contribution in [0.25, 0.3) is 6.08 Å². The van der Waals surface area contributed by atoms with Crippen molar-refractivity contribution in [1.82, 2.24) is 4.90 Å². The van der Waals surface area contributed by atoms with Gasteiger partial charge < -0.3 is 14.4 Å². The van der Waals surface area contributed by atoms with Gasteiger partial charge in [0.1, 0.15) is 5.75 Å². The summed E-state index contributed by atoms with van der Waals surface area (Å²) in [4.78, 5) is 26.2. The van der Waals surface area contributed by atoms with Gasteiger partial charge in [-0.2, -0.15) is 0 Å². The quantitative estimate of drug-likeness (QED) is 0.476. The standard InChI is InChI=1S/C18H19NO4/c1-5-10-19-12(2)16(18(21)23-4)15(17(19)20)11-13-6-8-14(22-3)9-7-13/h5-9,11H,1,10H2,2-4H3/b15-11-. The van der Waals surface area contributed by atoms with Gasteiger partial charge in [-0.1, -0.05) is 18.2 Å². The number of ether oxygens (including phenoxy) is 2. The lowest BCUT2D eigenvalue weighted by atomic mass is 10.0. The summed E-state index contributed by atoms with van der Waals surface area (Å²) in [6.45, 7) is 5.71. The maximum absolute atomic E-state index is 12.6. The van der Waals surface area contributed by atoms with Crippen LogP contribution in [-0.4, -0.2) is 37.5 Å². The Morgan fingerprint density at radius 2 is 1.91 bits per heavy atom. The van der Waals surface area contributed by atoms with Crippen LogP contribution in [0.3, 0.4) is 0 Å². The van der Waals surface area contributed by atoms with E-state index in [1.165, 1.54) is 12.0 Å². The molecule has 5 heteroatoms. The lowest BCUT2D eigenvalue weighted by Gasteiger charge is -2.14. The minimum atomic E-state index is -0.526. The molecule has 1 aliphatic rings. The summed E-state index contributed by atoms with van der Waals surface area (Å²) in [6, 6.07) is 7.22. The molecular formula is C18H19NO4. The molecule has 0 bridgehead atoms. The Kier molecular flexibility index (Phi) is 5.01. The molecule has 0 spiro atoms. The fourth-order valence-electron chi connectivity index (χ4n) is 2.44. The first-order valence-corrected chi connectivity index (χ1v) is 7.11. The highest BCUT2D eigenvalue weighted by Crippen LogP contribution is 2.31. The van der Waals surface area contributed by atoms with Gasteiger partial charge >= 0.3 is 5.97 Å². The Balaban J connectivity index is 2.48. The minimum absolute atomic E-state index is 0.237. The van der Waals surface area contributed by atoms with Gasteiger partial charge in [-0.25, -0.2) is 4.79 Å². The van der Waals surface area contributed by atoms with Gasteiger partial charge in [0.15, 0.2) is 0 Å². The van der Waals surface area contributed by atoms with Crippen molar-refractivity contribution >= 4 is 18.0 Å². The molecule has 0 atom stereocenters. The largest absolute Gasteiger partial charge is 0.497 e. The van der Waals surface area contributed by atoms with Crippen LogP contribution in [-0.2, 0) is 14.3 Å². The van der Waals surface area contributed by atoms with Gasteiger partial charge in [0.05, 0.1) is 25.4 Å². The molecule has 1 heterocycles. The first-order valence-electron chi connectivity index (χ1n) is 7.11. The van der Waals surface area contributed by atoms with Crippen LogP contribution in [0.4, 0.5) is 0 Å². The second kappa shape index (κ2) is 6.96. The summed E-state index contributed by atoms with van der Waals surface area (Å²) in [5.41, 5.74) is 1.97. The number of esters is 1. The maximum atomic E-state index is 12.6. The summed E-state index contributed by atoms with van der Waals surface area (Å²) < 4.78 is 9.93. The molecule has 0 aromatic heterocycles. The highest BCUT2D eigenvalue weighted by atomic mass is 16.5. The van der Waals surface area contributed by atoms with Crippen molar-refractivity contribution in [1.29, 1.82) is 0 Å². The number of carbonyl (C=O) groups is 2.